The number of hydrogen-bond acceptors (Lipinski definition) is 8. The summed E-state index contributed by atoms with van der Waals surface area (Å²) in [5.41, 5.74) is 2.79. The largest absolute Gasteiger partial charge is 0.486 e. The van der Waals surface area contributed by atoms with Crippen LogP contribution in [0.25, 0.3) is 10.2 Å². The fourth-order valence-corrected chi connectivity index (χ4v) is 7.17. The van der Waals surface area contributed by atoms with Crippen molar-refractivity contribution in [3.8, 4) is 11.5 Å². The second-order valence-electron chi connectivity index (χ2n) is 9.64. The van der Waals surface area contributed by atoms with E-state index in [2.05, 4.69) is 28.0 Å². The number of fused-ring (bicyclic) bond motifs is 4. The second-order valence-corrected chi connectivity index (χ2v) is 10.7. The van der Waals surface area contributed by atoms with Gasteiger partial charge in [-0.2, -0.15) is 0 Å². The summed E-state index contributed by atoms with van der Waals surface area (Å²) in [7, 11) is 0. The van der Waals surface area contributed by atoms with Gasteiger partial charge in [0.25, 0.3) is 0 Å². The van der Waals surface area contributed by atoms with Crippen LogP contribution in [-0.2, 0) is 24.1 Å². The molecule has 0 radical (unpaired) electrons. The zero-order valence-corrected chi connectivity index (χ0v) is 20.2. The first kappa shape index (κ1) is 20.9. The van der Waals surface area contributed by atoms with Gasteiger partial charge in [-0.05, 0) is 55.4 Å². The molecule has 3 aromatic rings. The normalized spacial score (nSPS) is 22.5. The summed E-state index contributed by atoms with van der Waals surface area (Å²) < 4.78 is 17.2. The number of anilines is 1. The van der Waals surface area contributed by atoms with E-state index in [1.54, 1.807) is 0 Å². The third-order valence-electron chi connectivity index (χ3n) is 7.54. The Labute approximate surface area is 203 Å². The second kappa shape index (κ2) is 8.66. The van der Waals surface area contributed by atoms with Crippen LogP contribution in [0, 0.1) is 0 Å². The predicted octanol–water partition coefficient (Wildman–Crippen LogP) is 4.12. The van der Waals surface area contributed by atoms with Gasteiger partial charge < -0.3 is 19.1 Å². The lowest BCUT2D eigenvalue weighted by Crippen LogP contribution is -2.36. The first-order valence-electron chi connectivity index (χ1n) is 12.6. The van der Waals surface area contributed by atoms with E-state index in [9.17, 15) is 0 Å². The van der Waals surface area contributed by atoms with E-state index < -0.39 is 0 Å². The summed E-state index contributed by atoms with van der Waals surface area (Å²) in [6.45, 7) is 6.52. The number of aromatic nitrogens is 2. The molecule has 8 heteroatoms. The average Bonchev–Trinajstić information content (AvgIpc) is 3.60. The molecule has 2 aromatic heterocycles. The number of morpholine rings is 1. The highest BCUT2D eigenvalue weighted by Gasteiger charge is 2.33. The molecule has 1 aromatic carbocycles. The minimum absolute atomic E-state index is 0.294. The van der Waals surface area contributed by atoms with E-state index in [-0.39, 0.29) is 0 Å². The van der Waals surface area contributed by atoms with E-state index in [0.717, 1.165) is 81.8 Å². The molecule has 2 fully saturated rings. The molecule has 0 spiro atoms. The molecule has 3 aliphatic heterocycles. The van der Waals surface area contributed by atoms with E-state index in [0.29, 0.717) is 19.3 Å². The summed E-state index contributed by atoms with van der Waals surface area (Å²) in [6, 6.07) is 6.76. The molecule has 1 aliphatic carbocycles. The van der Waals surface area contributed by atoms with Gasteiger partial charge in [-0.1, -0.05) is 6.07 Å². The van der Waals surface area contributed by atoms with Crippen LogP contribution < -0.4 is 14.4 Å². The Balaban J connectivity index is 1.29. The van der Waals surface area contributed by atoms with Crippen molar-refractivity contribution in [1.29, 1.82) is 0 Å². The van der Waals surface area contributed by atoms with Crippen LogP contribution >= 0.6 is 11.3 Å². The summed E-state index contributed by atoms with van der Waals surface area (Å²) in [5, 5.41) is 1.31. The van der Waals surface area contributed by atoms with Gasteiger partial charge in [0.1, 0.15) is 29.7 Å². The number of benzene rings is 1. The first-order valence-corrected chi connectivity index (χ1v) is 13.4. The molecule has 0 bridgehead atoms. The van der Waals surface area contributed by atoms with Crippen molar-refractivity contribution in [2.45, 2.75) is 44.7 Å². The van der Waals surface area contributed by atoms with Crippen molar-refractivity contribution in [2.24, 2.45) is 0 Å². The number of nitrogens with zero attached hydrogens (tertiary/aromatic N) is 4. The van der Waals surface area contributed by atoms with Crippen molar-refractivity contribution in [3.63, 3.8) is 0 Å². The maximum absolute atomic E-state index is 5.90. The molecule has 34 heavy (non-hydrogen) atoms. The first-order chi connectivity index (χ1) is 16.8. The lowest BCUT2D eigenvalue weighted by atomic mass is 10.0. The van der Waals surface area contributed by atoms with E-state index in [1.165, 1.54) is 39.1 Å². The van der Waals surface area contributed by atoms with Gasteiger partial charge in [-0.3, -0.25) is 4.90 Å². The molecule has 7 rings (SSSR count). The molecule has 0 unspecified atom stereocenters. The molecule has 0 N–H and O–H groups in total. The standard InChI is InChI=1S/C26H30N4O3S/c1-3-18-22(5-1)34-26-24(18)25(27-23(28-26)16-29-9-11-31-12-10-29)30-8-2-4-19(30)17-6-7-20-21(15-17)33-14-13-32-20/h6-7,15,19H,1-5,8-14,16H2/t19-/m0/s1. The van der Waals surface area contributed by atoms with Crippen molar-refractivity contribution < 1.29 is 14.2 Å². The smallest absolute Gasteiger partial charge is 0.161 e. The minimum atomic E-state index is 0.294. The van der Waals surface area contributed by atoms with Gasteiger partial charge in [-0.25, -0.2) is 9.97 Å². The van der Waals surface area contributed by atoms with Gasteiger partial charge >= 0.3 is 0 Å². The topological polar surface area (TPSA) is 60.0 Å². The molecule has 5 heterocycles. The quantitative estimate of drug-likeness (QED) is 0.559. The summed E-state index contributed by atoms with van der Waals surface area (Å²) in [4.78, 5) is 18.0. The van der Waals surface area contributed by atoms with Gasteiger partial charge in [0.15, 0.2) is 11.5 Å². The van der Waals surface area contributed by atoms with Gasteiger partial charge in [0.05, 0.1) is 31.2 Å². The molecule has 0 saturated carbocycles. The Morgan fingerprint density at radius 2 is 1.82 bits per heavy atom. The fraction of sp³-hybridized carbons (Fsp3) is 0.538. The summed E-state index contributed by atoms with van der Waals surface area (Å²) >= 11 is 1.89. The van der Waals surface area contributed by atoms with Crippen LogP contribution in [0.15, 0.2) is 18.2 Å². The highest BCUT2D eigenvalue weighted by molar-refractivity contribution is 7.19. The number of ether oxygens (including phenoxy) is 3. The average molecular weight is 479 g/mol. The lowest BCUT2D eigenvalue weighted by molar-refractivity contribution is 0.0331. The number of thiophene rings is 1. The lowest BCUT2D eigenvalue weighted by Gasteiger charge is -2.29. The molecule has 2 saturated heterocycles. The highest BCUT2D eigenvalue weighted by atomic mass is 32.1. The maximum atomic E-state index is 5.90. The Hall–Kier alpha value is -2.42. The van der Waals surface area contributed by atoms with Crippen LogP contribution in [0.5, 0.6) is 11.5 Å². The van der Waals surface area contributed by atoms with Crippen molar-refractivity contribution in [1.82, 2.24) is 14.9 Å². The molecule has 1 atom stereocenters. The highest BCUT2D eigenvalue weighted by Crippen LogP contribution is 2.45. The SMILES string of the molecule is c1cc2c(cc1[C@@H]1CCCN1c1nc(CN3CCOCC3)nc3sc4c(c13)CCC4)OCCO2. The molecular formula is C26H30N4O3S. The van der Waals surface area contributed by atoms with E-state index in [1.807, 2.05) is 11.3 Å². The molecule has 178 valence electrons. The Kier molecular flexibility index (Phi) is 5.33. The minimum Gasteiger partial charge on any atom is -0.486 e. The number of hydrogen-bond donors (Lipinski definition) is 0. The van der Waals surface area contributed by atoms with Crippen molar-refractivity contribution in [2.75, 3.05) is 51.0 Å². The van der Waals surface area contributed by atoms with E-state index >= 15 is 0 Å². The summed E-state index contributed by atoms with van der Waals surface area (Å²) in [6.07, 6.45) is 5.86. The third kappa shape index (κ3) is 3.63. The number of rotatable bonds is 4. The molecule has 0 amide bonds. The van der Waals surface area contributed by atoms with Crippen LogP contribution in [0.1, 0.15) is 47.1 Å². The van der Waals surface area contributed by atoms with Crippen molar-refractivity contribution in [3.05, 3.63) is 40.0 Å². The molecular weight excluding hydrogens is 448 g/mol. The maximum Gasteiger partial charge on any atom is 0.161 e. The van der Waals surface area contributed by atoms with Crippen molar-refractivity contribution >= 4 is 27.4 Å². The van der Waals surface area contributed by atoms with Crippen LogP contribution in [-0.4, -0.2) is 60.9 Å². The zero-order valence-electron chi connectivity index (χ0n) is 19.4. The van der Waals surface area contributed by atoms with Crippen LogP contribution in [0.4, 0.5) is 5.82 Å². The zero-order chi connectivity index (χ0) is 22.5. The Bertz CT molecular complexity index is 1220. The Morgan fingerprint density at radius 3 is 2.74 bits per heavy atom. The van der Waals surface area contributed by atoms with Gasteiger partial charge in [0.2, 0.25) is 0 Å². The molecule has 7 nitrogen and oxygen atoms in total. The van der Waals surface area contributed by atoms with Gasteiger partial charge in [0, 0.05) is 24.5 Å². The van der Waals surface area contributed by atoms with Crippen LogP contribution in [0.3, 0.4) is 0 Å². The Morgan fingerprint density at radius 1 is 0.941 bits per heavy atom. The van der Waals surface area contributed by atoms with Crippen LogP contribution in [0.2, 0.25) is 0 Å². The summed E-state index contributed by atoms with van der Waals surface area (Å²) in [5.74, 6) is 3.81. The predicted molar refractivity (Wildman–Crippen MR) is 132 cm³/mol. The number of aryl methyl sites for hydroxylation is 2. The monoisotopic (exact) mass is 478 g/mol. The third-order valence-corrected chi connectivity index (χ3v) is 8.72. The molecule has 4 aliphatic rings. The van der Waals surface area contributed by atoms with Gasteiger partial charge in [-0.15, -0.1) is 11.3 Å². The van der Waals surface area contributed by atoms with E-state index in [4.69, 9.17) is 24.2 Å². The fourth-order valence-electron chi connectivity index (χ4n) is 5.89.